The molecule has 0 spiro atoms. The van der Waals surface area contributed by atoms with E-state index in [1.165, 1.54) is 0 Å². The highest BCUT2D eigenvalue weighted by Gasteiger charge is 2.68. The zero-order valence-electron chi connectivity index (χ0n) is 13.4. The summed E-state index contributed by atoms with van der Waals surface area (Å²) in [5.74, 6) is -0.264. The summed E-state index contributed by atoms with van der Waals surface area (Å²) in [5.41, 5.74) is 14.4. The molecule has 0 heterocycles. The van der Waals surface area contributed by atoms with Gasteiger partial charge in [0.2, 0.25) is 0 Å². The van der Waals surface area contributed by atoms with E-state index in [2.05, 4.69) is 0 Å². The molecule has 4 N–H and O–H groups in total. The monoisotopic (exact) mass is 330 g/mol. The molecule has 0 radical (unpaired) electrons. The number of aryl methyl sites for hydroxylation is 2. The average Bonchev–Trinajstić information content (AvgIpc) is 3.16. The second-order valence-corrected chi connectivity index (χ2v) is 8.55. The van der Waals surface area contributed by atoms with Gasteiger partial charge >= 0.3 is 0 Å². The first kappa shape index (κ1) is 16.2. The first-order valence-corrected chi connectivity index (χ1v) is 9.21. The van der Waals surface area contributed by atoms with Crippen molar-refractivity contribution in [1.29, 1.82) is 0 Å². The van der Waals surface area contributed by atoms with Crippen molar-refractivity contribution in [1.82, 2.24) is 0 Å². The fourth-order valence-corrected chi connectivity index (χ4v) is 5.59. The standard InChI is InChI=1S/C18H22N2O2S/c1-12-3-7-14(8-4-12)16-17(18(16,20)11-19)23(21,22)15-9-5-13(2)6-10-15/h3-10,16-17H,11,19-20H2,1-2H3/t16-,17-,18-/m1/s1. The minimum Gasteiger partial charge on any atom is -0.329 e. The van der Waals surface area contributed by atoms with Crippen LogP contribution in [-0.4, -0.2) is 25.8 Å². The lowest BCUT2D eigenvalue weighted by molar-refractivity contribution is 0.586. The highest BCUT2D eigenvalue weighted by molar-refractivity contribution is 7.92. The van der Waals surface area contributed by atoms with Gasteiger partial charge in [0.25, 0.3) is 0 Å². The molecular weight excluding hydrogens is 308 g/mol. The van der Waals surface area contributed by atoms with Gasteiger partial charge in [-0.3, -0.25) is 0 Å². The molecule has 1 saturated carbocycles. The molecule has 1 aliphatic carbocycles. The third-order valence-corrected chi connectivity index (χ3v) is 7.09. The first-order chi connectivity index (χ1) is 10.8. The molecule has 3 rings (SSSR count). The summed E-state index contributed by atoms with van der Waals surface area (Å²) in [5, 5.41) is -0.676. The fraction of sp³-hybridized carbons (Fsp3) is 0.333. The molecule has 0 amide bonds. The van der Waals surface area contributed by atoms with Crippen molar-refractivity contribution in [3.8, 4) is 0 Å². The smallest absolute Gasteiger partial charge is 0.183 e. The van der Waals surface area contributed by atoms with Crippen LogP contribution in [0.15, 0.2) is 53.4 Å². The van der Waals surface area contributed by atoms with E-state index in [1.807, 2.05) is 38.1 Å². The van der Waals surface area contributed by atoms with Crippen LogP contribution in [0, 0.1) is 13.8 Å². The van der Waals surface area contributed by atoms with E-state index in [1.54, 1.807) is 24.3 Å². The average molecular weight is 330 g/mol. The summed E-state index contributed by atoms with van der Waals surface area (Å²) in [6.07, 6.45) is 0. The maximum atomic E-state index is 13.0. The van der Waals surface area contributed by atoms with Gasteiger partial charge in [0.05, 0.1) is 15.7 Å². The lowest BCUT2D eigenvalue weighted by atomic mass is 10.1. The van der Waals surface area contributed by atoms with Gasteiger partial charge in [-0.2, -0.15) is 0 Å². The molecule has 3 atom stereocenters. The van der Waals surface area contributed by atoms with Gasteiger partial charge in [0.1, 0.15) is 0 Å². The molecular formula is C18H22N2O2S. The lowest BCUT2D eigenvalue weighted by Crippen LogP contribution is -2.39. The third kappa shape index (κ3) is 2.59. The minimum absolute atomic E-state index is 0.140. The predicted octanol–water partition coefficient (Wildman–Crippen LogP) is 1.90. The van der Waals surface area contributed by atoms with Crippen molar-refractivity contribution in [3.63, 3.8) is 0 Å². The van der Waals surface area contributed by atoms with Crippen LogP contribution in [-0.2, 0) is 9.84 Å². The molecule has 1 fully saturated rings. The van der Waals surface area contributed by atoms with Crippen molar-refractivity contribution < 1.29 is 8.42 Å². The molecule has 4 nitrogen and oxygen atoms in total. The van der Waals surface area contributed by atoms with E-state index < -0.39 is 20.6 Å². The maximum absolute atomic E-state index is 13.0. The minimum atomic E-state index is -3.51. The van der Waals surface area contributed by atoms with E-state index in [4.69, 9.17) is 11.5 Å². The zero-order chi connectivity index (χ0) is 16.8. The number of hydrogen-bond acceptors (Lipinski definition) is 4. The van der Waals surface area contributed by atoms with Crippen LogP contribution in [0.5, 0.6) is 0 Å². The van der Waals surface area contributed by atoms with Crippen LogP contribution < -0.4 is 11.5 Å². The Bertz CT molecular complexity index is 813. The quantitative estimate of drug-likeness (QED) is 0.896. The molecule has 2 aromatic rings. The molecule has 0 unspecified atom stereocenters. The van der Waals surface area contributed by atoms with Gasteiger partial charge in [-0.05, 0) is 31.5 Å². The molecule has 122 valence electrons. The normalized spacial score (nSPS) is 27.0. The van der Waals surface area contributed by atoms with E-state index in [9.17, 15) is 8.42 Å². The maximum Gasteiger partial charge on any atom is 0.183 e. The SMILES string of the molecule is Cc1ccc([C@@H]2[C@@H](S(=O)(=O)c3ccc(C)cc3)[C@@]2(N)CN)cc1. The molecule has 1 aliphatic rings. The van der Waals surface area contributed by atoms with E-state index in [0.717, 1.165) is 16.7 Å². The summed E-state index contributed by atoms with van der Waals surface area (Å²) in [6, 6.07) is 14.7. The molecule has 2 aromatic carbocycles. The van der Waals surface area contributed by atoms with Crippen molar-refractivity contribution in [3.05, 3.63) is 65.2 Å². The third-order valence-electron chi connectivity index (χ3n) is 4.78. The molecule has 0 aliphatic heterocycles. The number of nitrogens with two attached hydrogens (primary N) is 2. The van der Waals surface area contributed by atoms with Gasteiger partial charge < -0.3 is 11.5 Å². The summed E-state index contributed by atoms with van der Waals surface area (Å²) >= 11 is 0. The van der Waals surface area contributed by atoms with Crippen molar-refractivity contribution in [2.24, 2.45) is 11.5 Å². The summed E-state index contributed by atoms with van der Waals surface area (Å²) < 4.78 is 26.0. The Morgan fingerprint density at radius 1 is 0.957 bits per heavy atom. The molecule has 0 saturated heterocycles. The number of hydrogen-bond donors (Lipinski definition) is 2. The van der Waals surface area contributed by atoms with Crippen LogP contribution in [0.1, 0.15) is 22.6 Å². The number of benzene rings is 2. The van der Waals surface area contributed by atoms with Gasteiger partial charge in [0.15, 0.2) is 9.84 Å². The van der Waals surface area contributed by atoms with Gasteiger partial charge in [0, 0.05) is 12.5 Å². The van der Waals surface area contributed by atoms with Crippen LogP contribution in [0.2, 0.25) is 0 Å². The van der Waals surface area contributed by atoms with E-state index in [0.29, 0.717) is 4.90 Å². The van der Waals surface area contributed by atoms with Gasteiger partial charge in [-0.25, -0.2) is 8.42 Å². The van der Waals surface area contributed by atoms with Crippen LogP contribution in [0.25, 0.3) is 0 Å². The molecule has 0 aromatic heterocycles. The predicted molar refractivity (Wildman–Crippen MR) is 92.0 cm³/mol. The zero-order valence-corrected chi connectivity index (χ0v) is 14.2. The van der Waals surface area contributed by atoms with Crippen LogP contribution in [0.3, 0.4) is 0 Å². The largest absolute Gasteiger partial charge is 0.329 e. The molecule has 5 heteroatoms. The topological polar surface area (TPSA) is 86.2 Å². The van der Waals surface area contributed by atoms with Crippen molar-refractivity contribution in [2.75, 3.05) is 6.54 Å². The Balaban J connectivity index is 2.01. The summed E-state index contributed by atoms with van der Waals surface area (Å²) in [6.45, 7) is 4.06. The Hall–Kier alpha value is -1.69. The van der Waals surface area contributed by atoms with Gasteiger partial charge in [-0.15, -0.1) is 0 Å². The fourth-order valence-electron chi connectivity index (χ4n) is 3.27. The highest BCUT2D eigenvalue weighted by atomic mass is 32.2. The van der Waals surface area contributed by atoms with Crippen LogP contribution in [0.4, 0.5) is 0 Å². The van der Waals surface area contributed by atoms with Gasteiger partial charge in [-0.1, -0.05) is 47.5 Å². The lowest BCUT2D eigenvalue weighted by Gasteiger charge is -2.09. The van der Waals surface area contributed by atoms with E-state index in [-0.39, 0.29) is 12.5 Å². The van der Waals surface area contributed by atoms with Crippen molar-refractivity contribution >= 4 is 9.84 Å². The Labute approximate surface area is 137 Å². The van der Waals surface area contributed by atoms with Crippen molar-refractivity contribution in [2.45, 2.75) is 35.4 Å². The Kier molecular flexibility index (Phi) is 3.83. The van der Waals surface area contributed by atoms with Crippen LogP contribution >= 0.6 is 0 Å². The first-order valence-electron chi connectivity index (χ1n) is 7.67. The summed E-state index contributed by atoms with van der Waals surface area (Å²) in [4.78, 5) is 0.311. The number of sulfone groups is 1. The molecule has 0 bridgehead atoms. The number of rotatable bonds is 4. The molecule has 23 heavy (non-hydrogen) atoms. The Morgan fingerprint density at radius 2 is 1.43 bits per heavy atom. The Morgan fingerprint density at radius 3 is 1.91 bits per heavy atom. The summed E-state index contributed by atoms with van der Waals surface area (Å²) in [7, 11) is -3.51. The highest BCUT2D eigenvalue weighted by Crippen LogP contribution is 2.55. The second-order valence-electron chi connectivity index (χ2n) is 6.48. The van der Waals surface area contributed by atoms with E-state index >= 15 is 0 Å². The second kappa shape index (κ2) is 5.44.